The minimum absolute atomic E-state index is 0.0359. The molecule has 0 unspecified atom stereocenters. The fraction of sp³-hybridized carbons (Fsp3) is 0.391. The van der Waals surface area contributed by atoms with Gasteiger partial charge in [0.15, 0.2) is 12.6 Å². The summed E-state index contributed by atoms with van der Waals surface area (Å²) < 4.78 is 81.1. The number of cyclic esters (lactones) is 1. The van der Waals surface area contributed by atoms with Gasteiger partial charge in [0, 0.05) is 18.6 Å². The molecule has 15 heteroatoms. The smallest absolute Gasteiger partial charge is 0.371 e. The molecule has 0 atom stereocenters. The third-order valence-electron chi connectivity index (χ3n) is 5.62. The van der Waals surface area contributed by atoms with Crippen molar-refractivity contribution in [3.05, 3.63) is 66.2 Å². The normalized spacial score (nSPS) is 21.2. The van der Waals surface area contributed by atoms with Crippen LogP contribution in [0.1, 0.15) is 18.4 Å². The number of halogens is 2. The van der Waals surface area contributed by atoms with Crippen molar-refractivity contribution in [2.24, 2.45) is 0 Å². The number of nitrogens with zero attached hydrogens (tertiary/aromatic N) is 1. The van der Waals surface area contributed by atoms with Gasteiger partial charge in [0.05, 0.1) is 32.5 Å². The summed E-state index contributed by atoms with van der Waals surface area (Å²) in [6, 6.07) is 21.2. The Morgan fingerprint density at radius 3 is 1.79 bits per heavy atom. The first-order valence-electron chi connectivity index (χ1n) is 11.4. The number of carbonyl (C=O) groups excluding carboxylic acids is 1. The van der Waals surface area contributed by atoms with Gasteiger partial charge in [0.2, 0.25) is 5.69 Å². The van der Waals surface area contributed by atoms with E-state index in [-0.39, 0.29) is 12.6 Å². The van der Waals surface area contributed by atoms with Crippen LogP contribution in [-0.2, 0) is 20.7 Å². The summed E-state index contributed by atoms with van der Waals surface area (Å²) in [6.07, 6.45) is 3.26. The third-order valence-corrected chi connectivity index (χ3v) is 5.62. The quantitative estimate of drug-likeness (QED) is 0.258. The van der Waals surface area contributed by atoms with Gasteiger partial charge in [-0.3, -0.25) is 0 Å². The Bertz CT molecular complexity index is 984. The molecule has 13 nitrogen and oxygen atoms in total. The highest BCUT2D eigenvalue weighted by molar-refractivity contribution is 5.89. The summed E-state index contributed by atoms with van der Waals surface area (Å²) in [7, 11) is -9.89. The maximum absolute atomic E-state index is 11.8. The van der Waals surface area contributed by atoms with Crippen molar-refractivity contribution >= 4 is 17.6 Å². The lowest BCUT2D eigenvalue weighted by molar-refractivity contribution is -2.00. The molecule has 0 bridgehead atoms. The van der Waals surface area contributed by atoms with E-state index >= 15 is 0 Å². The van der Waals surface area contributed by atoms with E-state index in [1.54, 1.807) is 4.90 Å². The first kappa shape index (κ1) is 32.0. The Kier molecular flexibility index (Phi) is 12.9. The van der Waals surface area contributed by atoms with E-state index in [0.29, 0.717) is 18.5 Å². The summed E-state index contributed by atoms with van der Waals surface area (Å²) in [6.45, 7) is 3.80. The van der Waals surface area contributed by atoms with Crippen LogP contribution >= 0.6 is 0 Å². The molecule has 0 saturated carbocycles. The van der Waals surface area contributed by atoms with Crippen molar-refractivity contribution in [2.45, 2.75) is 25.3 Å². The van der Waals surface area contributed by atoms with Crippen molar-refractivity contribution in [3.8, 4) is 0 Å². The Hall–Kier alpha value is -2.24. The maximum atomic E-state index is 11.8. The van der Waals surface area contributed by atoms with Crippen LogP contribution in [0.15, 0.2) is 60.7 Å². The first-order valence-corrected chi connectivity index (χ1v) is 13.9. The minimum Gasteiger partial charge on any atom is -0.371 e. The Balaban J connectivity index is 0.000000435. The predicted molar refractivity (Wildman–Crippen MR) is 107 cm³/mol. The number of carbonyl (C=O) groups is 1. The fourth-order valence-corrected chi connectivity index (χ4v) is 4.16. The van der Waals surface area contributed by atoms with Gasteiger partial charge in [-0.25, -0.2) is 42.1 Å². The highest BCUT2D eigenvalue weighted by atomic mass is 35.7. The minimum atomic E-state index is -4.94. The van der Waals surface area contributed by atoms with Crippen molar-refractivity contribution in [1.29, 1.82) is 0 Å². The number of para-hydroxylation sites is 1. The Labute approximate surface area is 223 Å². The maximum Gasteiger partial charge on any atom is 0.377 e. The number of nitrogens with one attached hydrogen (secondary N) is 1. The number of quaternary nitrogens is 1. The highest BCUT2D eigenvalue weighted by Crippen LogP contribution is 2.20. The van der Waals surface area contributed by atoms with Crippen LogP contribution < -0.4 is 42.2 Å². The van der Waals surface area contributed by atoms with Gasteiger partial charge < -0.3 is 14.4 Å². The molecule has 4 rings (SSSR count). The number of ether oxygens (including phenoxy) is 2. The van der Waals surface area contributed by atoms with Crippen LogP contribution in [0.5, 0.6) is 0 Å². The van der Waals surface area contributed by atoms with Crippen LogP contribution in [0.3, 0.4) is 0 Å². The zero-order valence-electron chi connectivity index (χ0n) is 20.2. The third kappa shape index (κ3) is 14.1. The standard InChI is InChI=1S/C23H27N2O3.2ClHO4/c26-23-18-27-17-22(28-23)25(20-9-5-2-6-10-20)21-12-15-24(16-13-21)14-11-19-7-3-1-4-8-19;2*2-1(3,4)5/h1-10,21H,11-18H2;2*(H,2,3,4,5)/q+1;;/p-1. The van der Waals surface area contributed by atoms with Crippen LogP contribution in [0.25, 0.3) is 0 Å². The van der Waals surface area contributed by atoms with Crippen molar-refractivity contribution in [1.82, 2.24) is 0 Å². The van der Waals surface area contributed by atoms with E-state index in [9.17, 15) is 4.79 Å². The van der Waals surface area contributed by atoms with Gasteiger partial charge >= 0.3 is 11.9 Å². The average Bonchev–Trinajstić information content (AvgIpc) is 2.83. The lowest BCUT2D eigenvalue weighted by Crippen LogP contribution is -3.13. The first-order chi connectivity index (χ1) is 17.8. The predicted octanol–water partition coefficient (Wildman–Crippen LogP) is -7.92. The van der Waals surface area contributed by atoms with E-state index in [1.807, 2.05) is 18.2 Å². The number of esters is 1. The molecular weight excluding hydrogens is 551 g/mol. The van der Waals surface area contributed by atoms with E-state index in [2.05, 4.69) is 47.0 Å². The molecule has 2 heterocycles. The molecule has 2 aromatic carbocycles. The monoisotopic (exact) mass is 578 g/mol. The van der Waals surface area contributed by atoms with E-state index in [0.717, 1.165) is 44.6 Å². The van der Waals surface area contributed by atoms with Gasteiger partial charge in [-0.1, -0.05) is 48.5 Å². The molecular formula is C23H28Cl2N2O11. The van der Waals surface area contributed by atoms with Gasteiger partial charge in [-0.05, 0) is 5.56 Å². The summed E-state index contributed by atoms with van der Waals surface area (Å²) in [5, 5.41) is 0. The lowest BCUT2D eigenvalue weighted by Gasteiger charge is -2.28. The van der Waals surface area contributed by atoms with Crippen LogP contribution in [0, 0.1) is 20.5 Å². The highest BCUT2D eigenvalue weighted by Gasteiger charge is 2.36. The second kappa shape index (κ2) is 15.4. The van der Waals surface area contributed by atoms with E-state index in [4.69, 9.17) is 46.7 Å². The Morgan fingerprint density at radius 2 is 1.29 bits per heavy atom. The molecule has 38 heavy (non-hydrogen) atoms. The summed E-state index contributed by atoms with van der Waals surface area (Å²) >= 11 is 0. The second-order valence-electron chi connectivity index (χ2n) is 8.29. The van der Waals surface area contributed by atoms with Gasteiger partial charge in [-0.2, -0.15) is 4.58 Å². The molecule has 2 aliphatic heterocycles. The van der Waals surface area contributed by atoms with Crippen molar-refractivity contribution in [2.75, 3.05) is 32.8 Å². The van der Waals surface area contributed by atoms with Crippen LogP contribution in [-0.4, -0.2) is 55.3 Å². The average molecular weight is 579 g/mol. The van der Waals surface area contributed by atoms with E-state index in [1.165, 1.54) is 5.56 Å². The number of benzene rings is 2. The fourth-order valence-electron chi connectivity index (χ4n) is 4.16. The molecule has 0 aromatic heterocycles. The molecule has 1 N–H and O–H groups in total. The Morgan fingerprint density at radius 1 is 0.789 bits per heavy atom. The van der Waals surface area contributed by atoms with E-state index < -0.39 is 20.5 Å². The topological polar surface area (TPSA) is 227 Å². The number of piperidine rings is 1. The van der Waals surface area contributed by atoms with Gasteiger partial charge in [0.1, 0.15) is 6.61 Å². The lowest BCUT2D eigenvalue weighted by atomic mass is 10.0. The van der Waals surface area contributed by atoms with Gasteiger partial charge in [-0.15, -0.1) is 20.5 Å². The molecule has 2 aromatic rings. The van der Waals surface area contributed by atoms with Crippen molar-refractivity contribution < 1.29 is 81.5 Å². The molecule has 210 valence electrons. The number of rotatable bonds is 5. The zero-order chi connectivity index (χ0) is 28.2. The number of likely N-dealkylation sites (tertiary alicyclic amines) is 1. The number of hydrogen-bond donors (Lipinski definition) is 1. The largest absolute Gasteiger partial charge is 0.377 e. The summed E-state index contributed by atoms with van der Waals surface area (Å²) in [4.78, 5) is 13.4. The second-order valence-corrected chi connectivity index (χ2v) is 9.80. The summed E-state index contributed by atoms with van der Waals surface area (Å²) in [5.41, 5.74) is 2.47. The van der Waals surface area contributed by atoms with Crippen LogP contribution in [0.4, 0.5) is 5.69 Å². The molecule has 2 aliphatic rings. The zero-order valence-corrected chi connectivity index (χ0v) is 21.7. The molecule has 2 saturated heterocycles. The van der Waals surface area contributed by atoms with Gasteiger partial charge in [0.25, 0.3) is 0 Å². The SMILES string of the molecule is O=C1COCC(=[N+](c2ccccc2)C2CC[NH+](CCc3ccccc3)CC2)O1.[O-][Cl+3]([O-])([O-])[O-].[O-][Cl+3]([O-])([O-])[O-]. The summed E-state index contributed by atoms with van der Waals surface area (Å²) in [5.74, 6) is 0.313. The molecule has 0 spiro atoms. The number of hydrogen-bond acceptors (Lipinski definition) is 11. The molecule has 0 amide bonds. The molecule has 2 fully saturated rings. The molecule has 0 aliphatic carbocycles. The van der Waals surface area contributed by atoms with Crippen molar-refractivity contribution in [3.63, 3.8) is 0 Å². The molecule has 0 radical (unpaired) electrons. The van der Waals surface area contributed by atoms with Crippen LogP contribution in [0.2, 0.25) is 0 Å².